The highest BCUT2D eigenvalue weighted by Gasteiger charge is 2.27. The van der Waals surface area contributed by atoms with Gasteiger partial charge in [-0.15, -0.1) is 0 Å². The quantitative estimate of drug-likeness (QED) is 0.492. The molecule has 1 aliphatic rings. The van der Waals surface area contributed by atoms with Crippen LogP contribution in [-0.2, 0) is 16.6 Å². The Labute approximate surface area is 156 Å². The Bertz CT molecular complexity index is 681. The molecule has 1 aromatic carbocycles. The molecule has 0 radical (unpaired) electrons. The van der Waals surface area contributed by atoms with Crippen molar-refractivity contribution in [1.29, 1.82) is 0 Å². The molecule has 146 valence electrons. The lowest BCUT2D eigenvalue weighted by Crippen LogP contribution is -2.50. The van der Waals surface area contributed by atoms with E-state index < -0.39 is 10.0 Å². The molecule has 0 amide bonds. The van der Waals surface area contributed by atoms with Gasteiger partial charge >= 0.3 is 0 Å². The third-order valence-electron chi connectivity index (χ3n) is 4.35. The monoisotopic (exact) mass is 382 g/mol. The van der Waals surface area contributed by atoms with Crippen molar-refractivity contribution < 1.29 is 13.5 Å². The number of benzene rings is 1. The predicted octanol–water partition coefficient (Wildman–Crippen LogP) is 1.65. The minimum Gasteiger partial charge on any atom is -0.508 e. The molecule has 0 spiro atoms. The normalized spacial score (nSPS) is 17.2. The molecule has 1 saturated heterocycles. The summed E-state index contributed by atoms with van der Waals surface area (Å²) in [4.78, 5) is 4.59. The first-order valence-electron chi connectivity index (χ1n) is 9.25. The van der Waals surface area contributed by atoms with Crippen molar-refractivity contribution in [3.63, 3.8) is 0 Å². The highest BCUT2D eigenvalue weighted by molar-refractivity contribution is 7.89. The maximum absolute atomic E-state index is 12.2. The van der Waals surface area contributed by atoms with Crippen molar-refractivity contribution in [3.8, 4) is 5.75 Å². The number of hydrogen-bond acceptors (Lipinski definition) is 4. The first-order chi connectivity index (χ1) is 12.4. The molecule has 3 N–H and O–H groups in total. The van der Waals surface area contributed by atoms with Gasteiger partial charge in [0.1, 0.15) is 5.75 Å². The van der Waals surface area contributed by atoms with Crippen LogP contribution in [-0.4, -0.2) is 55.2 Å². The summed E-state index contributed by atoms with van der Waals surface area (Å²) in [5.74, 6) is 1.20. The van der Waals surface area contributed by atoms with Gasteiger partial charge in [0, 0.05) is 25.7 Å². The Morgan fingerprint density at radius 3 is 2.46 bits per heavy atom. The fourth-order valence-electron chi connectivity index (χ4n) is 2.95. The van der Waals surface area contributed by atoms with Crippen LogP contribution in [0.2, 0.25) is 0 Å². The predicted molar refractivity (Wildman–Crippen MR) is 105 cm³/mol. The topological polar surface area (TPSA) is 94.0 Å². The summed E-state index contributed by atoms with van der Waals surface area (Å²) in [6.07, 6.45) is 2.19. The number of sulfonamides is 1. The Hall–Kier alpha value is -1.80. The number of phenols is 1. The zero-order valence-electron chi connectivity index (χ0n) is 15.6. The van der Waals surface area contributed by atoms with Crippen LogP contribution in [0.5, 0.6) is 5.75 Å². The van der Waals surface area contributed by atoms with Gasteiger partial charge in [-0.2, -0.15) is 0 Å². The Morgan fingerprint density at radius 1 is 1.23 bits per heavy atom. The molecule has 1 aliphatic heterocycles. The van der Waals surface area contributed by atoms with Gasteiger partial charge in [0.25, 0.3) is 0 Å². The van der Waals surface area contributed by atoms with E-state index in [1.807, 2.05) is 26.0 Å². The molecule has 1 aromatic rings. The van der Waals surface area contributed by atoms with Crippen LogP contribution in [0.3, 0.4) is 0 Å². The summed E-state index contributed by atoms with van der Waals surface area (Å²) in [6.45, 7) is 6.27. The molecule has 0 saturated carbocycles. The van der Waals surface area contributed by atoms with Gasteiger partial charge in [-0.05, 0) is 43.9 Å². The average Bonchev–Trinajstić information content (AvgIpc) is 2.62. The fraction of sp³-hybridized carbons (Fsp3) is 0.611. The lowest BCUT2D eigenvalue weighted by atomic mass is 10.1. The third-order valence-corrected chi connectivity index (χ3v) is 6.43. The van der Waals surface area contributed by atoms with E-state index in [9.17, 15) is 13.5 Å². The molecule has 1 heterocycles. The van der Waals surface area contributed by atoms with Crippen molar-refractivity contribution in [2.75, 3.05) is 25.4 Å². The second kappa shape index (κ2) is 9.78. The largest absolute Gasteiger partial charge is 0.508 e. The second-order valence-corrected chi connectivity index (χ2v) is 8.58. The number of piperidine rings is 1. The number of aliphatic imine (C=N–C) groups is 1. The molecule has 0 bridgehead atoms. The SMILES string of the molecule is CCCS(=O)(=O)N1CCC(NC(=NCc2ccc(O)cc2)NCC)CC1. The van der Waals surface area contributed by atoms with E-state index in [2.05, 4.69) is 15.6 Å². The summed E-state index contributed by atoms with van der Waals surface area (Å²) in [5.41, 5.74) is 1.01. The highest BCUT2D eigenvalue weighted by atomic mass is 32.2. The molecule has 2 rings (SSSR count). The van der Waals surface area contributed by atoms with E-state index >= 15 is 0 Å². The van der Waals surface area contributed by atoms with Crippen LogP contribution in [0.4, 0.5) is 0 Å². The molecule has 0 atom stereocenters. The smallest absolute Gasteiger partial charge is 0.214 e. The van der Waals surface area contributed by atoms with E-state index in [1.165, 1.54) is 0 Å². The Morgan fingerprint density at radius 2 is 1.88 bits per heavy atom. The summed E-state index contributed by atoms with van der Waals surface area (Å²) in [5, 5.41) is 16.0. The summed E-state index contributed by atoms with van der Waals surface area (Å²) in [6, 6.07) is 7.20. The van der Waals surface area contributed by atoms with E-state index in [0.717, 1.165) is 30.9 Å². The van der Waals surface area contributed by atoms with Crippen molar-refractivity contribution >= 4 is 16.0 Å². The number of nitrogens with one attached hydrogen (secondary N) is 2. The first kappa shape index (κ1) is 20.5. The summed E-state index contributed by atoms with van der Waals surface area (Å²) < 4.78 is 25.9. The fourth-order valence-corrected chi connectivity index (χ4v) is 4.49. The molecule has 1 fully saturated rings. The molecular formula is C18H30N4O3S. The lowest BCUT2D eigenvalue weighted by Gasteiger charge is -2.32. The Kier molecular flexibility index (Phi) is 7.71. The zero-order chi connectivity index (χ0) is 19.0. The minimum atomic E-state index is -3.11. The first-order valence-corrected chi connectivity index (χ1v) is 10.9. The van der Waals surface area contributed by atoms with E-state index in [0.29, 0.717) is 26.1 Å². The van der Waals surface area contributed by atoms with Crippen molar-refractivity contribution in [3.05, 3.63) is 29.8 Å². The van der Waals surface area contributed by atoms with Crippen LogP contribution in [0, 0.1) is 0 Å². The minimum absolute atomic E-state index is 0.209. The zero-order valence-corrected chi connectivity index (χ0v) is 16.4. The second-order valence-electron chi connectivity index (χ2n) is 6.50. The van der Waals surface area contributed by atoms with Gasteiger partial charge in [-0.25, -0.2) is 17.7 Å². The van der Waals surface area contributed by atoms with Crippen LogP contribution in [0.15, 0.2) is 29.3 Å². The van der Waals surface area contributed by atoms with E-state index in [1.54, 1.807) is 16.4 Å². The molecule has 0 aromatic heterocycles. The maximum atomic E-state index is 12.2. The number of guanidine groups is 1. The van der Waals surface area contributed by atoms with Gasteiger partial charge in [0.2, 0.25) is 10.0 Å². The van der Waals surface area contributed by atoms with Gasteiger partial charge < -0.3 is 15.7 Å². The molecule has 8 heteroatoms. The lowest BCUT2D eigenvalue weighted by molar-refractivity contribution is 0.306. The highest BCUT2D eigenvalue weighted by Crippen LogP contribution is 2.15. The Balaban J connectivity index is 1.90. The standard InChI is InChI=1S/C18H30N4O3S/c1-3-13-26(24,25)22-11-9-16(10-12-22)21-18(19-4-2)20-14-15-5-7-17(23)8-6-15/h5-8,16,23H,3-4,9-14H2,1-2H3,(H2,19,20,21). The molecule has 0 unspecified atom stereocenters. The van der Waals surface area contributed by atoms with Crippen molar-refractivity contribution in [2.24, 2.45) is 4.99 Å². The van der Waals surface area contributed by atoms with E-state index in [4.69, 9.17) is 0 Å². The molecule has 26 heavy (non-hydrogen) atoms. The molecule has 7 nitrogen and oxygen atoms in total. The number of rotatable bonds is 7. The van der Waals surface area contributed by atoms with E-state index in [-0.39, 0.29) is 17.5 Å². The van der Waals surface area contributed by atoms with Gasteiger partial charge in [0.05, 0.1) is 12.3 Å². The van der Waals surface area contributed by atoms with Crippen molar-refractivity contribution in [1.82, 2.24) is 14.9 Å². The summed E-state index contributed by atoms with van der Waals surface area (Å²) >= 11 is 0. The van der Waals surface area contributed by atoms with Crippen molar-refractivity contribution in [2.45, 2.75) is 45.7 Å². The van der Waals surface area contributed by atoms with Gasteiger partial charge in [0.15, 0.2) is 5.96 Å². The third kappa shape index (κ3) is 6.17. The maximum Gasteiger partial charge on any atom is 0.214 e. The number of hydrogen-bond donors (Lipinski definition) is 3. The summed E-state index contributed by atoms with van der Waals surface area (Å²) in [7, 11) is -3.11. The van der Waals surface area contributed by atoms with Crippen LogP contribution < -0.4 is 10.6 Å². The number of nitrogens with zero attached hydrogens (tertiary/aromatic N) is 2. The average molecular weight is 383 g/mol. The van der Waals surface area contributed by atoms with Crippen LogP contribution in [0.1, 0.15) is 38.7 Å². The van der Waals surface area contributed by atoms with Crippen LogP contribution in [0.25, 0.3) is 0 Å². The number of phenolic OH excluding ortho intramolecular Hbond substituents is 1. The molecular weight excluding hydrogens is 352 g/mol. The van der Waals surface area contributed by atoms with Gasteiger partial charge in [-0.1, -0.05) is 19.1 Å². The van der Waals surface area contributed by atoms with Crippen LogP contribution >= 0.6 is 0 Å². The number of aromatic hydroxyl groups is 1. The van der Waals surface area contributed by atoms with Gasteiger partial charge in [-0.3, -0.25) is 0 Å². The molecule has 0 aliphatic carbocycles.